The van der Waals surface area contributed by atoms with Crippen LogP contribution in [0.15, 0.2) is 12.3 Å². The number of aromatic nitrogens is 2. The van der Waals surface area contributed by atoms with Gasteiger partial charge in [-0.3, -0.25) is 4.68 Å². The minimum atomic E-state index is -0.214. The maximum atomic E-state index is 9.72. The summed E-state index contributed by atoms with van der Waals surface area (Å²) in [6.07, 6.45) is 4.59. The van der Waals surface area contributed by atoms with Crippen LogP contribution in [0.25, 0.3) is 0 Å². The lowest BCUT2D eigenvalue weighted by Crippen LogP contribution is -2.19. The highest BCUT2D eigenvalue weighted by Gasteiger charge is 2.14. The lowest BCUT2D eigenvalue weighted by molar-refractivity contribution is 0.112. The van der Waals surface area contributed by atoms with Gasteiger partial charge in [0, 0.05) is 12.2 Å². The van der Waals surface area contributed by atoms with Crippen LogP contribution in [0, 0.1) is 5.92 Å². The molecule has 0 bridgehead atoms. The minimum absolute atomic E-state index is 0.214. The third kappa shape index (κ3) is 3.34. The first-order valence-electron chi connectivity index (χ1n) is 6.30. The predicted molar refractivity (Wildman–Crippen MR) is 66.4 cm³/mol. The molecular formula is C13H24N2O. The van der Waals surface area contributed by atoms with Crippen LogP contribution in [-0.2, 0) is 6.42 Å². The van der Waals surface area contributed by atoms with Crippen LogP contribution in [0.5, 0.6) is 0 Å². The molecule has 3 unspecified atom stereocenters. The second kappa shape index (κ2) is 6.04. The van der Waals surface area contributed by atoms with E-state index >= 15 is 0 Å². The smallest absolute Gasteiger partial charge is 0.0628 e. The number of aliphatic hydroxyl groups is 1. The summed E-state index contributed by atoms with van der Waals surface area (Å²) in [5, 5.41) is 14.3. The Morgan fingerprint density at radius 3 is 2.56 bits per heavy atom. The van der Waals surface area contributed by atoms with Crippen LogP contribution < -0.4 is 0 Å². The molecule has 1 aromatic heterocycles. The molecule has 0 aliphatic heterocycles. The first kappa shape index (κ1) is 13.2. The molecular weight excluding hydrogens is 200 g/mol. The molecule has 1 rings (SSSR count). The normalized spacial score (nSPS) is 17.1. The van der Waals surface area contributed by atoms with E-state index in [9.17, 15) is 5.11 Å². The van der Waals surface area contributed by atoms with Crippen molar-refractivity contribution >= 4 is 0 Å². The summed E-state index contributed by atoms with van der Waals surface area (Å²) in [5.41, 5.74) is 1.08. The van der Waals surface area contributed by atoms with Crippen molar-refractivity contribution in [3.05, 3.63) is 18.0 Å². The van der Waals surface area contributed by atoms with E-state index < -0.39 is 0 Å². The van der Waals surface area contributed by atoms with Gasteiger partial charge in [0.25, 0.3) is 0 Å². The summed E-state index contributed by atoms with van der Waals surface area (Å²) < 4.78 is 2.01. The third-order valence-electron chi connectivity index (χ3n) is 3.31. The van der Waals surface area contributed by atoms with Crippen molar-refractivity contribution in [2.45, 2.75) is 59.1 Å². The van der Waals surface area contributed by atoms with Crippen LogP contribution in [-0.4, -0.2) is 21.0 Å². The van der Waals surface area contributed by atoms with E-state index in [0.717, 1.165) is 25.0 Å². The molecule has 0 fully saturated rings. The number of rotatable bonds is 6. The minimum Gasteiger partial charge on any atom is -0.393 e. The molecule has 1 heterocycles. The summed E-state index contributed by atoms with van der Waals surface area (Å²) in [4.78, 5) is 0. The first-order chi connectivity index (χ1) is 7.58. The number of hydrogen-bond donors (Lipinski definition) is 1. The summed E-state index contributed by atoms with van der Waals surface area (Å²) in [5.74, 6) is 0.283. The van der Waals surface area contributed by atoms with Gasteiger partial charge in [-0.05, 0) is 38.2 Å². The van der Waals surface area contributed by atoms with Crippen molar-refractivity contribution in [2.24, 2.45) is 5.92 Å². The lowest BCUT2D eigenvalue weighted by atomic mass is 9.97. The molecule has 0 aliphatic rings. The molecule has 3 heteroatoms. The van der Waals surface area contributed by atoms with Crippen molar-refractivity contribution < 1.29 is 5.11 Å². The zero-order valence-corrected chi connectivity index (χ0v) is 10.8. The Morgan fingerprint density at radius 2 is 2.00 bits per heavy atom. The van der Waals surface area contributed by atoms with Gasteiger partial charge < -0.3 is 5.11 Å². The highest BCUT2D eigenvalue weighted by atomic mass is 16.3. The quantitative estimate of drug-likeness (QED) is 0.807. The molecule has 92 valence electrons. The molecule has 0 spiro atoms. The Kier molecular flexibility index (Phi) is 5.00. The topological polar surface area (TPSA) is 38.0 Å². The van der Waals surface area contributed by atoms with Gasteiger partial charge in [-0.15, -0.1) is 0 Å². The van der Waals surface area contributed by atoms with E-state index in [1.165, 1.54) is 0 Å². The van der Waals surface area contributed by atoms with Crippen LogP contribution >= 0.6 is 0 Å². The van der Waals surface area contributed by atoms with Crippen molar-refractivity contribution in [2.75, 3.05) is 0 Å². The fourth-order valence-corrected chi connectivity index (χ4v) is 1.79. The Hall–Kier alpha value is -0.830. The highest BCUT2D eigenvalue weighted by molar-refractivity contribution is 5.01. The largest absolute Gasteiger partial charge is 0.393 e. The Labute approximate surface area is 98.5 Å². The van der Waals surface area contributed by atoms with Crippen molar-refractivity contribution in [1.29, 1.82) is 0 Å². The maximum absolute atomic E-state index is 9.72. The van der Waals surface area contributed by atoms with Gasteiger partial charge in [0.1, 0.15) is 0 Å². The second-order valence-corrected chi connectivity index (χ2v) is 4.70. The van der Waals surface area contributed by atoms with Crippen LogP contribution in [0.3, 0.4) is 0 Å². The van der Waals surface area contributed by atoms with Crippen molar-refractivity contribution in [3.8, 4) is 0 Å². The second-order valence-electron chi connectivity index (χ2n) is 4.70. The molecule has 0 saturated heterocycles. The van der Waals surface area contributed by atoms with Gasteiger partial charge in [-0.2, -0.15) is 5.10 Å². The van der Waals surface area contributed by atoms with Crippen molar-refractivity contribution in [3.63, 3.8) is 0 Å². The molecule has 1 N–H and O–H groups in total. The van der Waals surface area contributed by atoms with Gasteiger partial charge in [0.05, 0.1) is 11.8 Å². The summed E-state index contributed by atoms with van der Waals surface area (Å²) in [7, 11) is 0. The standard InChI is InChI=1S/C13H24N2O/c1-5-11(4)15-8-7-12(14-15)9-10(3)13(16)6-2/h7-8,10-11,13,16H,5-6,9H2,1-4H3. The molecule has 0 saturated carbocycles. The van der Waals surface area contributed by atoms with E-state index in [-0.39, 0.29) is 12.0 Å². The van der Waals surface area contributed by atoms with Crippen LogP contribution in [0.1, 0.15) is 52.3 Å². The van der Waals surface area contributed by atoms with Gasteiger partial charge >= 0.3 is 0 Å². The number of hydrogen-bond acceptors (Lipinski definition) is 2. The Morgan fingerprint density at radius 1 is 1.31 bits per heavy atom. The molecule has 0 aliphatic carbocycles. The molecule has 0 radical (unpaired) electrons. The number of nitrogens with zero attached hydrogens (tertiary/aromatic N) is 2. The van der Waals surface area contributed by atoms with E-state index in [0.29, 0.717) is 6.04 Å². The van der Waals surface area contributed by atoms with E-state index in [1.54, 1.807) is 0 Å². The van der Waals surface area contributed by atoms with Gasteiger partial charge in [-0.1, -0.05) is 20.8 Å². The summed E-state index contributed by atoms with van der Waals surface area (Å²) in [6, 6.07) is 2.52. The molecule has 3 atom stereocenters. The molecule has 3 nitrogen and oxygen atoms in total. The summed E-state index contributed by atoms with van der Waals surface area (Å²) >= 11 is 0. The highest BCUT2D eigenvalue weighted by Crippen LogP contribution is 2.15. The molecule has 0 amide bonds. The fourth-order valence-electron chi connectivity index (χ4n) is 1.79. The Bertz CT molecular complexity index is 309. The molecule has 16 heavy (non-hydrogen) atoms. The van der Waals surface area contributed by atoms with E-state index in [1.807, 2.05) is 17.8 Å². The van der Waals surface area contributed by atoms with Crippen LogP contribution in [0.4, 0.5) is 0 Å². The van der Waals surface area contributed by atoms with Crippen molar-refractivity contribution in [1.82, 2.24) is 9.78 Å². The third-order valence-corrected chi connectivity index (χ3v) is 3.31. The van der Waals surface area contributed by atoms with Gasteiger partial charge in [0.15, 0.2) is 0 Å². The zero-order valence-electron chi connectivity index (χ0n) is 10.8. The average Bonchev–Trinajstić information content (AvgIpc) is 2.75. The van der Waals surface area contributed by atoms with Gasteiger partial charge in [-0.25, -0.2) is 0 Å². The predicted octanol–water partition coefficient (Wildman–Crippen LogP) is 2.80. The fraction of sp³-hybridized carbons (Fsp3) is 0.769. The van der Waals surface area contributed by atoms with E-state index in [2.05, 4.69) is 31.9 Å². The first-order valence-corrected chi connectivity index (χ1v) is 6.30. The monoisotopic (exact) mass is 224 g/mol. The average molecular weight is 224 g/mol. The maximum Gasteiger partial charge on any atom is 0.0628 e. The van der Waals surface area contributed by atoms with Crippen LogP contribution in [0.2, 0.25) is 0 Å². The summed E-state index contributed by atoms with van der Waals surface area (Å²) in [6.45, 7) is 8.42. The molecule has 1 aromatic rings. The lowest BCUT2D eigenvalue weighted by Gasteiger charge is -2.15. The number of aliphatic hydroxyl groups excluding tert-OH is 1. The molecule has 0 aromatic carbocycles. The zero-order chi connectivity index (χ0) is 12.1. The Balaban J connectivity index is 2.58. The van der Waals surface area contributed by atoms with Gasteiger partial charge in [0.2, 0.25) is 0 Å². The van der Waals surface area contributed by atoms with E-state index in [4.69, 9.17) is 0 Å². The SMILES string of the molecule is CCC(O)C(C)Cc1ccn(C(C)CC)n1.